The monoisotopic (exact) mass is 676 g/mol. The molecule has 43 heavy (non-hydrogen) atoms. The second-order valence-electron chi connectivity index (χ2n) is 9.56. The number of rotatable bonds is 2. The number of alkyl halides is 1. The second-order valence-corrected chi connectivity index (χ2v) is 13.1. The first kappa shape index (κ1) is 29.3. The van der Waals surface area contributed by atoms with Gasteiger partial charge in [-0.05, 0) is 0 Å². The Bertz CT molecular complexity index is 1720. The Morgan fingerprint density at radius 1 is 1.14 bits per heavy atom. The molecule has 24 heteroatoms. The summed E-state index contributed by atoms with van der Waals surface area (Å²) in [7, 11) is -1.98. The molecule has 0 spiro atoms. The van der Waals surface area contributed by atoms with Crippen LogP contribution in [0, 0.1) is 5.92 Å². The first-order valence-electron chi connectivity index (χ1n) is 12.5. The van der Waals surface area contributed by atoms with E-state index in [4.69, 9.17) is 34.7 Å². The number of nitrogen functional groups attached to an aromatic ring is 2. The zero-order chi connectivity index (χ0) is 30.0. The Balaban J connectivity index is 1.15. The first-order chi connectivity index (χ1) is 20.7. The fourth-order valence-corrected chi connectivity index (χ4v) is 8.05. The van der Waals surface area contributed by atoms with Gasteiger partial charge in [0.1, 0.15) is 29.3 Å². The van der Waals surface area contributed by atoms with Crippen molar-refractivity contribution in [2.45, 2.75) is 47.1 Å². The lowest BCUT2D eigenvalue weighted by Crippen LogP contribution is -2.36. The topological polar surface area (TPSA) is 251 Å². The fourth-order valence-electron chi connectivity index (χ4n) is 4.97. The molecule has 4 aromatic rings. The van der Waals surface area contributed by atoms with Gasteiger partial charge in [-0.25, -0.2) is 19.0 Å². The molecule has 3 saturated heterocycles. The summed E-state index contributed by atoms with van der Waals surface area (Å²) in [6.45, 7) is -0.360. The molecule has 3 unspecified atom stereocenters. The summed E-state index contributed by atoms with van der Waals surface area (Å²) in [4.78, 5) is 26.8. The van der Waals surface area contributed by atoms with Crippen LogP contribution in [0.2, 0.25) is 0 Å². The number of hydrogen-bond donors (Lipinski definition) is 6. The number of thiol groups is 2. The molecule has 3 fully saturated rings. The lowest BCUT2D eigenvalue weighted by Gasteiger charge is -2.25. The van der Waals surface area contributed by atoms with Crippen LogP contribution in [0.1, 0.15) is 11.6 Å². The van der Waals surface area contributed by atoms with E-state index in [2.05, 4.69) is 65.4 Å². The third-order valence-corrected chi connectivity index (χ3v) is 10.1. The van der Waals surface area contributed by atoms with Crippen LogP contribution in [-0.4, -0.2) is 104 Å². The quantitative estimate of drug-likeness (QED) is 0.116. The van der Waals surface area contributed by atoms with Crippen molar-refractivity contribution >= 4 is 78.3 Å². The van der Waals surface area contributed by atoms with Crippen LogP contribution in [0.3, 0.4) is 0 Å². The van der Waals surface area contributed by atoms with E-state index in [9.17, 15) is 9.90 Å². The number of ether oxygens (including phenoxy) is 3. The average Bonchev–Trinajstić information content (AvgIpc) is 3.72. The zero-order valence-corrected chi connectivity index (χ0v) is 24.9. The Kier molecular flexibility index (Phi) is 7.80. The number of aromatic amines is 1. The molecule has 3 aliphatic heterocycles. The molecule has 0 aliphatic carbocycles. The maximum atomic E-state index is 15.9. The second kappa shape index (κ2) is 11.5. The highest BCUT2D eigenvalue weighted by Crippen LogP contribution is 2.54. The van der Waals surface area contributed by atoms with Gasteiger partial charge in [0.05, 0.1) is 19.3 Å². The fraction of sp³-hybridized carbons (Fsp3) is 0.579. The van der Waals surface area contributed by atoms with Gasteiger partial charge in [-0.15, -0.1) is 22.8 Å². The summed E-state index contributed by atoms with van der Waals surface area (Å²) in [5, 5.41) is 26.2. The lowest BCUT2D eigenvalue weighted by atomic mass is 10.0. The number of H-pyrrole nitrogens is 1. The van der Waals surface area contributed by atoms with Crippen molar-refractivity contribution in [3.8, 4) is 0 Å². The number of aliphatic hydroxyl groups excluding tert-OH is 1. The minimum atomic E-state index is -1.98. The Morgan fingerprint density at radius 2 is 1.93 bits per heavy atom. The van der Waals surface area contributed by atoms with Crippen LogP contribution in [0.4, 0.5) is 16.2 Å². The van der Waals surface area contributed by atoms with Gasteiger partial charge in [-0.1, -0.05) is 34.4 Å². The number of fused-ring (bicyclic) bond motifs is 5. The average molecular weight is 677 g/mol. The van der Waals surface area contributed by atoms with Crippen molar-refractivity contribution in [1.29, 1.82) is 0 Å². The number of anilines is 2. The third-order valence-electron chi connectivity index (χ3n) is 7.01. The first-order valence-corrected chi connectivity index (χ1v) is 16.3. The van der Waals surface area contributed by atoms with E-state index in [1.807, 2.05) is 0 Å². The van der Waals surface area contributed by atoms with Crippen LogP contribution in [-0.2, 0) is 23.3 Å². The number of aromatic nitrogens is 10. The Morgan fingerprint density at radius 3 is 2.77 bits per heavy atom. The number of thioether (sulfide) groups is 1. The number of aliphatic hydroxyl groups is 1. The van der Waals surface area contributed by atoms with E-state index in [0.717, 1.165) is 11.8 Å². The molecule has 0 amide bonds. The van der Waals surface area contributed by atoms with E-state index in [-0.39, 0.29) is 47.3 Å². The van der Waals surface area contributed by atoms with Crippen LogP contribution in [0.15, 0.2) is 11.1 Å². The highest BCUT2D eigenvalue weighted by atomic mass is 32.7. The molecule has 4 aromatic heterocycles. The molecule has 230 valence electrons. The molecule has 10 atom stereocenters. The van der Waals surface area contributed by atoms with Gasteiger partial charge in [0, 0.05) is 5.92 Å². The van der Waals surface area contributed by atoms with Crippen molar-refractivity contribution in [2.75, 3.05) is 24.7 Å². The summed E-state index contributed by atoms with van der Waals surface area (Å²) in [5.74, 6) is -0.923. The number of nitrogens with one attached hydrogen (secondary N) is 1. The summed E-state index contributed by atoms with van der Waals surface area (Å²) < 4.78 is 48.0. The van der Waals surface area contributed by atoms with E-state index >= 15 is 4.39 Å². The van der Waals surface area contributed by atoms with Gasteiger partial charge in [0.2, 0.25) is 19.1 Å². The highest BCUT2D eigenvalue weighted by molar-refractivity contribution is 8.41. The van der Waals surface area contributed by atoms with Gasteiger partial charge in [-0.3, -0.25) is 9.78 Å². The normalized spacial score (nSPS) is 35.4. The molecule has 0 saturated carbocycles. The molecular weight excluding hydrogens is 654 g/mol. The zero-order valence-electron chi connectivity index (χ0n) is 21.4. The predicted octanol–water partition coefficient (Wildman–Crippen LogP) is -0.483. The molecule has 0 aromatic carbocycles. The molecular formula is C19H22FN12O7PS3. The third kappa shape index (κ3) is 5.19. The van der Waals surface area contributed by atoms with E-state index < -0.39 is 66.2 Å². The maximum Gasteiger partial charge on any atom is 0.282 e. The van der Waals surface area contributed by atoms with Crippen LogP contribution in [0.25, 0.3) is 22.3 Å². The summed E-state index contributed by atoms with van der Waals surface area (Å²) in [6, 6.07) is 0. The van der Waals surface area contributed by atoms with Gasteiger partial charge in [0.15, 0.2) is 40.5 Å². The largest absolute Gasteiger partial charge is 0.387 e. The number of nitrogens with two attached hydrogens (primary N) is 2. The van der Waals surface area contributed by atoms with Gasteiger partial charge in [0.25, 0.3) is 5.56 Å². The smallest absolute Gasteiger partial charge is 0.282 e. The predicted molar refractivity (Wildman–Crippen MR) is 153 cm³/mol. The minimum Gasteiger partial charge on any atom is -0.387 e. The van der Waals surface area contributed by atoms with E-state index in [0.29, 0.717) is 0 Å². The summed E-state index contributed by atoms with van der Waals surface area (Å²) in [5.41, 5.74) is 9.24. The van der Waals surface area contributed by atoms with Gasteiger partial charge in [-0.2, -0.15) is 9.67 Å². The van der Waals surface area contributed by atoms with Gasteiger partial charge < -0.3 is 39.8 Å². The van der Waals surface area contributed by atoms with E-state index in [1.165, 1.54) is 15.7 Å². The highest BCUT2D eigenvalue weighted by Gasteiger charge is 2.51. The lowest BCUT2D eigenvalue weighted by molar-refractivity contribution is -0.133. The molecule has 7 heterocycles. The van der Waals surface area contributed by atoms with Crippen molar-refractivity contribution in [3.05, 3.63) is 16.7 Å². The summed E-state index contributed by atoms with van der Waals surface area (Å²) >= 11 is 9.88. The Hall–Kier alpha value is -2.47. The minimum absolute atomic E-state index is 0.0596. The van der Waals surface area contributed by atoms with Crippen molar-refractivity contribution < 1.29 is 32.8 Å². The molecule has 0 radical (unpaired) electrons. The van der Waals surface area contributed by atoms with E-state index in [1.54, 1.807) is 0 Å². The molecule has 19 nitrogen and oxygen atoms in total. The molecule has 3 aliphatic rings. The standard InChI is InChI=1S/C19H22FN12O7PS3/c20-6-4-1-35-19(41)38-17-9(33)10(16(43-17)32-13-8(28-30-32)14(34)26-18(22)25-13)39-40(42)36-2-5(4)37-15(6)31-12-7(27-29-31)11(21)23-3-24-12/h3-6,9-10,15-17,19,33,41-42H,1-2H2,(H2,21,23,24)(H3,22,25,26,34)/t4-,5-,6+,9+,10-,15-,16-,17?,19?,40?/m1/s1. The maximum absolute atomic E-state index is 15.9. The van der Waals surface area contributed by atoms with Crippen LogP contribution in [0.5, 0.6) is 0 Å². The summed E-state index contributed by atoms with van der Waals surface area (Å²) in [6.07, 6.45) is -4.82. The van der Waals surface area contributed by atoms with Gasteiger partial charge >= 0.3 is 0 Å². The molecule has 6 N–H and O–H groups in total. The molecule has 7 rings (SSSR count). The van der Waals surface area contributed by atoms with Crippen molar-refractivity contribution in [2.24, 2.45) is 5.92 Å². The molecule has 2 bridgehead atoms. The van der Waals surface area contributed by atoms with Crippen molar-refractivity contribution in [1.82, 2.24) is 49.9 Å². The number of hydrogen-bond acceptors (Lipinski definition) is 19. The number of halogens is 1. The van der Waals surface area contributed by atoms with Crippen LogP contribution < -0.4 is 17.0 Å². The Labute approximate surface area is 255 Å². The van der Waals surface area contributed by atoms with Crippen LogP contribution >= 0.6 is 44.2 Å². The SMILES string of the molecule is Nc1nc2c(nnn2[C@@H]2SC3OC(S)OC[C@H]4[C@H](F)[C@H](n5nnc6c(N)ncnc65)O[C@@H]4COP(S)O[C@@H]2[C@@H]3O)c(=O)[nH]1. The number of nitrogens with zero attached hydrogens (tertiary/aromatic N) is 9. The van der Waals surface area contributed by atoms with Crippen molar-refractivity contribution in [3.63, 3.8) is 0 Å².